The van der Waals surface area contributed by atoms with Crippen molar-refractivity contribution in [3.05, 3.63) is 0 Å². The standard InChI is InChI=1S/C19H31N3O3/c1-25-18(24)22-10-6-19(13-22)11-15(12-19)21-8-4-14(5-9-21)16-3-2-7-20-17(16)23/h14-16H,2-13H2,1H3,(H,20,23). The number of methoxy groups -OCH3 is 1. The van der Waals surface area contributed by atoms with Crippen molar-refractivity contribution in [3.8, 4) is 0 Å². The van der Waals surface area contributed by atoms with Crippen molar-refractivity contribution in [2.45, 2.75) is 51.0 Å². The van der Waals surface area contributed by atoms with Gasteiger partial charge in [0.2, 0.25) is 5.91 Å². The molecule has 1 saturated carbocycles. The van der Waals surface area contributed by atoms with Gasteiger partial charge in [-0.05, 0) is 69.4 Å². The summed E-state index contributed by atoms with van der Waals surface area (Å²) in [6.07, 6.45) is 7.92. The Morgan fingerprint density at radius 1 is 1.20 bits per heavy atom. The van der Waals surface area contributed by atoms with Crippen LogP contribution in [0.15, 0.2) is 0 Å². The van der Waals surface area contributed by atoms with Gasteiger partial charge in [0.1, 0.15) is 0 Å². The first-order valence-corrected chi connectivity index (χ1v) is 9.95. The Hall–Kier alpha value is -1.30. The van der Waals surface area contributed by atoms with E-state index in [4.69, 9.17) is 4.74 Å². The summed E-state index contributed by atoms with van der Waals surface area (Å²) in [4.78, 5) is 28.3. The van der Waals surface area contributed by atoms with E-state index in [1.54, 1.807) is 0 Å². The van der Waals surface area contributed by atoms with Crippen LogP contribution >= 0.6 is 0 Å². The van der Waals surface area contributed by atoms with Crippen LogP contribution in [0.25, 0.3) is 0 Å². The van der Waals surface area contributed by atoms with Gasteiger partial charge in [0.15, 0.2) is 0 Å². The van der Waals surface area contributed by atoms with Crippen molar-refractivity contribution < 1.29 is 14.3 Å². The largest absolute Gasteiger partial charge is 0.453 e. The number of hydrogen-bond acceptors (Lipinski definition) is 4. The first kappa shape index (κ1) is 17.1. The highest BCUT2D eigenvalue weighted by Gasteiger charge is 2.51. The average Bonchev–Trinajstić information content (AvgIpc) is 3.06. The first-order valence-electron chi connectivity index (χ1n) is 9.95. The van der Waals surface area contributed by atoms with E-state index >= 15 is 0 Å². The van der Waals surface area contributed by atoms with Crippen molar-refractivity contribution in [1.29, 1.82) is 0 Å². The number of nitrogens with one attached hydrogen (secondary N) is 1. The predicted molar refractivity (Wildman–Crippen MR) is 94.1 cm³/mol. The van der Waals surface area contributed by atoms with Crippen LogP contribution in [-0.2, 0) is 9.53 Å². The van der Waals surface area contributed by atoms with E-state index in [9.17, 15) is 9.59 Å². The molecule has 4 aliphatic rings. The van der Waals surface area contributed by atoms with Crippen LogP contribution in [0.4, 0.5) is 4.79 Å². The quantitative estimate of drug-likeness (QED) is 0.826. The van der Waals surface area contributed by atoms with E-state index in [0.29, 0.717) is 23.3 Å². The zero-order valence-electron chi connectivity index (χ0n) is 15.3. The molecule has 140 valence electrons. The van der Waals surface area contributed by atoms with Gasteiger partial charge in [0, 0.05) is 31.6 Å². The minimum Gasteiger partial charge on any atom is -0.453 e. The summed E-state index contributed by atoms with van der Waals surface area (Å²) >= 11 is 0. The molecule has 4 fully saturated rings. The van der Waals surface area contributed by atoms with Gasteiger partial charge in [-0.25, -0.2) is 4.79 Å². The highest BCUT2D eigenvalue weighted by atomic mass is 16.5. The van der Waals surface area contributed by atoms with Crippen molar-refractivity contribution >= 4 is 12.0 Å². The fourth-order valence-corrected chi connectivity index (χ4v) is 5.68. The molecule has 1 spiro atoms. The molecule has 0 radical (unpaired) electrons. The molecule has 1 atom stereocenters. The summed E-state index contributed by atoms with van der Waals surface area (Å²) < 4.78 is 4.86. The number of carbonyl (C=O) groups is 2. The second-order valence-electron chi connectivity index (χ2n) is 8.62. The fourth-order valence-electron chi connectivity index (χ4n) is 5.68. The monoisotopic (exact) mass is 349 g/mol. The summed E-state index contributed by atoms with van der Waals surface area (Å²) in [5.74, 6) is 1.13. The zero-order chi connectivity index (χ0) is 17.4. The maximum atomic E-state index is 12.1. The molecular weight excluding hydrogens is 318 g/mol. The third-order valence-corrected chi connectivity index (χ3v) is 7.20. The number of carbonyl (C=O) groups excluding carboxylic acids is 2. The molecule has 3 aliphatic heterocycles. The van der Waals surface area contributed by atoms with Gasteiger partial charge >= 0.3 is 6.09 Å². The van der Waals surface area contributed by atoms with Crippen LogP contribution in [0.2, 0.25) is 0 Å². The molecule has 6 heteroatoms. The van der Waals surface area contributed by atoms with Crippen LogP contribution in [0.1, 0.15) is 44.9 Å². The molecule has 0 bridgehead atoms. The average molecular weight is 349 g/mol. The molecule has 6 nitrogen and oxygen atoms in total. The maximum absolute atomic E-state index is 12.1. The van der Waals surface area contributed by atoms with E-state index in [1.165, 1.54) is 20.0 Å². The van der Waals surface area contributed by atoms with Gasteiger partial charge in [-0.15, -0.1) is 0 Å². The number of rotatable bonds is 2. The molecule has 1 unspecified atom stereocenters. The number of piperidine rings is 2. The van der Waals surface area contributed by atoms with Crippen molar-refractivity contribution in [3.63, 3.8) is 0 Å². The Morgan fingerprint density at radius 2 is 1.96 bits per heavy atom. The normalized spacial score (nSPS) is 37.0. The van der Waals surface area contributed by atoms with Crippen LogP contribution in [0.3, 0.4) is 0 Å². The lowest BCUT2D eigenvalue weighted by Crippen LogP contribution is -2.55. The second kappa shape index (κ2) is 6.78. The Morgan fingerprint density at radius 3 is 2.64 bits per heavy atom. The Balaban J connectivity index is 1.24. The van der Waals surface area contributed by atoms with Crippen LogP contribution in [-0.4, -0.2) is 67.7 Å². The predicted octanol–water partition coefficient (Wildman–Crippen LogP) is 1.85. The lowest BCUT2D eigenvalue weighted by Gasteiger charge is -2.52. The Kier molecular flexibility index (Phi) is 4.65. The molecule has 3 saturated heterocycles. The molecular formula is C19H31N3O3. The third-order valence-electron chi connectivity index (χ3n) is 7.20. The van der Waals surface area contributed by atoms with Gasteiger partial charge < -0.3 is 19.9 Å². The van der Waals surface area contributed by atoms with Crippen LogP contribution < -0.4 is 5.32 Å². The number of nitrogens with zero attached hydrogens (tertiary/aromatic N) is 2. The summed E-state index contributed by atoms with van der Waals surface area (Å²) in [7, 11) is 1.47. The van der Waals surface area contributed by atoms with Gasteiger partial charge in [0.25, 0.3) is 0 Å². The molecule has 1 aliphatic carbocycles. The first-order chi connectivity index (χ1) is 12.1. The fraction of sp³-hybridized carbons (Fsp3) is 0.895. The summed E-state index contributed by atoms with van der Waals surface area (Å²) in [5.41, 5.74) is 0.346. The van der Waals surface area contributed by atoms with Crippen LogP contribution in [0, 0.1) is 17.3 Å². The van der Waals surface area contributed by atoms with Crippen molar-refractivity contribution in [2.75, 3.05) is 39.8 Å². The molecule has 2 amide bonds. The molecule has 0 aromatic rings. The zero-order valence-corrected chi connectivity index (χ0v) is 15.3. The summed E-state index contributed by atoms with van der Waals surface area (Å²) in [5, 5.41) is 3.04. The summed E-state index contributed by atoms with van der Waals surface area (Å²) in [6.45, 7) is 4.85. The van der Waals surface area contributed by atoms with Gasteiger partial charge in [-0.2, -0.15) is 0 Å². The smallest absolute Gasteiger partial charge is 0.409 e. The van der Waals surface area contributed by atoms with E-state index in [2.05, 4.69) is 10.2 Å². The minimum atomic E-state index is -0.174. The SMILES string of the molecule is COC(=O)N1CCC2(CC(N3CCC(C4CCCNC4=O)CC3)C2)C1. The number of amides is 2. The van der Waals surface area contributed by atoms with Crippen molar-refractivity contribution in [2.24, 2.45) is 17.3 Å². The topological polar surface area (TPSA) is 61.9 Å². The molecule has 25 heavy (non-hydrogen) atoms. The number of likely N-dealkylation sites (tertiary alicyclic amines) is 2. The minimum absolute atomic E-state index is 0.174. The number of hydrogen-bond donors (Lipinski definition) is 1. The van der Waals surface area contributed by atoms with E-state index in [-0.39, 0.29) is 12.0 Å². The highest BCUT2D eigenvalue weighted by Crippen LogP contribution is 2.50. The van der Waals surface area contributed by atoms with E-state index < -0.39 is 0 Å². The number of ether oxygens (including phenoxy) is 1. The molecule has 0 aromatic carbocycles. The lowest BCUT2D eigenvalue weighted by atomic mass is 9.64. The maximum Gasteiger partial charge on any atom is 0.409 e. The second-order valence-corrected chi connectivity index (χ2v) is 8.62. The molecule has 1 N–H and O–H groups in total. The molecule has 3 heterocycles. The third kappa shape index (κ3) is 3.25. The van der Waals surface area contributed by atoms with Gasteiger partial charge in [-0.1, -0.05) is 0 Å². The molecule has 4 rings (SSSR count). The molecule has 0 aromatic heterocycles. The van der Waals surface area contributed by atoms with Crippen molar-refractivity contribution in [1.82, 2.24) is 15.1 Å². The Bertz CT molecular complexity index is 524. The summed E-state index contributed by atoms with van der Waals surface area (Å²) in [6, 6.07) is 0.679. The van der Waals surface area contributed by atoms with Crippen LogP contribution in [0.5, 0.6) is 0 Å². The van der Waals surface area contributed by atoms with Gasteiger partial charge in [-0.3, -0.25) is 4.79 Å². The van der Waals surface area contributed by atoms with Gasteiger partial charge in [0.05, 0.1) is 7.11 Å². The lowest BCUT2D eigenvalue weighted by molar-refractivity contribution is -0.129. The Labute approximate surface area is 150 Å². The van der Waals surface area contributed by atoms with E-state index in [0.717, 1.165) is 64.8 Å². The highest BCUT2D eigenvalue weighted by molar-refractivity contribution is 5.79. The van der Waals surface area contributed by atoms with E-state index in [1.807, 2.05) is 4.90 Å².